The fourth-order valence-electron chi connectivity index (χ4n) is 2.40. The largest absolute Gasteiger partial charge is 0.343 e. The molecule has 0 aliphatic heterocycles. The first-order valence-corrected chi connectivity index (χ1v) is 6.68. The van der Waals surface area contributed by atoms with Gasteiger partial charge in [0, 0.05) is 4.88 Å². The predicted octanol–water partition coefficient (Wildman–Crippen LogP) is 3.36. The van der Waals surface area contributed by atoms with Gasteiger partial charge in [0.1, 0.15) is 0 Å². The van der Waals surface area contributed by atoms with Crippen LogP contribution in [-0.2, 0) is 4.79 Å². The van der Waals surface area contributed by atoms with Crippen LogP contribution in [0.25, 0.3) is 0 Å². The van der Waals surface area contributed by atoms with Crippen LogP contribution in [0.2, 0.25) is 0 Å². The third-order valence-electron chi connectivity index (χ3n) is 3.22. The van der Waals surface area contributed by atoms with Crippen molar-refractivity contribution in [2.75, 3.05) is 0 Å². The molecular weight excluding hydrogens is 244 g/mol. The third kappa shape index (κ3) is 3.03. The Balaban J connectivity index is 2.10. The molecule has 1 aliphatic rings. The van der Waals surface area contributed by atoms with Gasteiger partial charge >= 0.3 is 6.43 Å². The highest BCUT2D eigenvalue weighted by Gasteiger charge is 2.30. The van der Waals surface area contributed by atoms with Crippen molar-refractivity contribution in [1.29, 1.82) is 0 Å². The molecule has 1 amide bonds. The lowest BCUT2D eigenvalue weighted by Crippen LogP contribution is -2.36. The molecule has 1 fully saturated rings. The lowest BCUT2D eigenvalue weighted by Gasteiger charge is -2.23. The Kier molecular flexibility index (Phi) is 4.10. The van der Waals surface area contributed by atoms with Gasteiger partial charge in [0.25, 0.3) is 5.91 Å². The molecule has 0 spiro atoms. The highest BCUT2D eigenvalue weighted by atomic mass is 32.1. The minimum Gasteiger partial charge on any atom is -0.343 e. The highest BCUT2D eigenvalue weighted by molar-refractivity contribution is 7.10. The van der Waals surface area contributed by atoms with Gasteiger partial charge < -0.3 is 5.32 Å². The molecule has 2 nitrogen and oxygen atoms in total. The molecule has 5 heteroatoms. The van der Waals surface area contributed by atoms with Crippen molar-refractivity contribution in [3.63, 3.8) is 0 Å². The Morgan fingerprint density at radius 1 is 1.41 bits per heavy atom. The van der Waals surface area contributed by atoms with Gasteiger partial charge in [-0.1, -0.05) is 18.9 Å². The maximum atomic E-state index is 12.3. The van der Waals surface area contributed by atoms with E-state index in [-0.39, 0.29) is 6.04 Å². The van der Waals surface area contributed by atoms with E-state index in [0.717, 1.165) is 30.6 Å². The summed E-state index contributed by atoms with van der Waals surface area (Å²) >= 11 is 1.51. The summed E-state index contributed by atoms with van der Waals surface area (Å²) in [5, 5.41) is 4.39. The standard InChI is InChI=1S/C12H15F2NOS/c13-11(14)12(16)15-10(8-4-1-2-5-8)9-6-3-7-17-9/h3,6-8,10-11H,1-2,4-5H2,(H,15,16). The van der Waals surface area contributed by atoms with Crippen molar-refractivity contribution in [2.24, 2.45) is 5.92 Å². The minimum absolute atomic E-state index is 0.237. The molecule has 0 saturated heterocycles. The lowest BCUT2D eigenvalue weighted by molar-refractivity contribution is -0.132. The van der Waals surface area contributed by atoms with Crippen LogP contribution in [0.5, 0.6) is 0 Å². The molecule has 1 aromatic rings. The van der Waals surface area contributed by atoms with Crippen LogP contribution < -0.4 is 5.32 Å². The quantitative estimate of drug-likeness (QED) is 0.882. The summed E-state index contributed by atoms with van der Waals surface area (Å²) in [6.45, 7) is 0. The van der Waals surface area contributed by atoms with Crippen molar-refractivity contribution < 1.29 is 13.6 Å². The second kappa shape index (κ2) is 5.58. The molecule has 1 N–H and O–H groups in total. The summed E-state index contributed by atoms with van der Waals surface area (Å²) in [5.74, 6) is -0.855. The molecule has 2 rings (SSSR count). The molecule has 1 atom stereocenters. The molecule has 0 aromatic carbocycles. The molecule has 94 valence electrons. The fraction of sp³-hybridized carbons (Fsp3) is 0.583. The topological polar surface area (TPSA) is 29.1 Å². The number of rotatable bonds is 4. The summed E-state index contributed by atoms with van der Waals surface area (Å²) in [5.41, 5.74) is 0. The Labute approximate surface area is 103 Å². The zero-order chi connectivity index (χ0) is 12.3. The predicted molar refractivity (Wildman–Crippen MR) is 63.2 cm³/mol. The zero-order valence-corrected chi connectivity index (χ0v) is 10.2. The number of hydrogen-bond donors (Lipinski definition) is 1. The van der Waals surface area contributed by atoms with E-state index in [1.54, 1.807) is 0 Å². The second-order valence-electron chi connectivity index (χ2n) is 4.35. The van der Waals surface area contributed by atoms with E-state index < -0.39 is 12.3 Å². The van der Waals surface area contributed by atoms with Crippen molar-refractivity contribution in [3.05, 3.63) is 22.4 Å². The Morgan fingerprint density at radius 3 is 2.65 bits per heavy atom. The molecule has 1 saturated carbocycles. The summed E-state index contributed by atoms with van der Waals surface area (Å²) in [6, 6.07) is 3.55. The van der Waals surface area contributed by atoms with Crippen LogP contribution >= 0.6 is 11.3 Å². The van der Waals surface area contributed by atoms with Crippen LogP contribution in [0.3, 0.4) is 0 Å². The first-order valence-electron chi connectivity index (χ1n) is 5.80. The molecule has 1 unspecified atom stereocenters. The monoisotopic (exact) mass is 259 g/mol. The van der Waals surface area contributed by atoms with Crippen molar-refractivity contribution >= 4 is 17.2 Å². The smallest absolute Gasteiger partial charge is 0.315 e. The number of alkyl halides is 2. The van der Waals surface area contributed by atoms with Gasteiger partial charge in [-0.05, 0) is 30.2 Å². The van der Waals surface area contributed by atoms with E-state index in [4.69, 9.17) is 0 Å². The van der Waals surface area contributed by atoms with E-state index in [1.165, 1.54) is 11.3 Å². The Morgan fingerprint density at radius 2 is 2.12 bits per heavy atom. The minimum atomic E-state index is -2.93. The van der Waals surface area contributed by atoms with E-state index in [2.05, 4.69) is 5.32 Å². The average molecular weight is 259 g/mol. The maximum Gasteiger partial charge on any atom is 0.315 e. The van der Waals surface area contributed by atoms with E-state index in [9.17, 15) is 13.6 Å². The van der Waals surface area contributed by atoms with Crippen molar-refractivity contribution in [1.82, 2.24) is 5.32 Å². The molecule has 1 heterocycles. The highest BCUT2D eigenvalue weighted by Crippen LogP contribution is 2.37. The first kappa shape index (κ1) is 12.5. The van der Waals surface area contributed by atoms with Gasteiger partial charge in [-0.25, -0.2) is 0 Å². The number of amides is 1. The Hall–Kier alpha value is -0.970. The van der Waals surface area contributed by atoms with Gasteiger partial charge in [0.2, 0.25) is 0 Å². The zero-order valence-electron chi connectivity index (χ0n) is 9.36. The number of hydrogen-bond acceptors (Lipinski definition) is 2. The van der Waals surface area contributed by atoms with Crippen LogP contribution in [0.4, 0.5) is 8.78 Å². The lowest BCUT2D eigenvalue weighted by atomic mass is 9.96. The summed E-state index contributed by atoms with van der Waals surface area (Å²) < 4.78 is 24.6. The molecule has 1 aliphatic carbocycles. The van der Waals surface area contributed by atoms with Gasteiger partial charge in [0.05, 0.1) is 6.04 Å². The normalized spacial score (nSPS) is 18.5. The van der Waals surface area contributed by atoms with E-state index >= 15 is 0 Å². The molecule has 1 aromatic heterocycles. The summed E-state index contributed by atoms with van der Waals surface area (Å²) in [4.78, 5) is 12.1. The van der Waals surface area contributed by atoms with E-state index in [1.807, 2.05) is 17.5 Å². The number of carbonyl (C=O) groups is 1. The number of halogens is 2. The van der Waals surface area contributed by atoms with Crippen LogP contribution in [-0.4, -0.2) is 12.3 Å². The molecule has 0 radical (unpaired) electrons. The van der Waals surface area contributed by atoms with Crippen molar-refractivity contribution in [2.45, 2.75) is 38.2 Å². The van der Waals surface area contributed by atoms with Gasteiger partial charge in [-0.2, -0.15) is 8.78 Å². The molecule has 17 heavy (non-hydrogen) atoms. The van der Waals surface area contributed by atoms with Crippen LogP contribution in [0.15, 0.2) is 17.5 Å². The van der Waals surface area contributed by atoms with Gasteiger partial charge in [-0.15, -0.1) is 11.3 Å². The Bertz CT molecular complexity index is 361. The summed E-state index contributed by atoms with van der Waals surface area (Å²) in [6.07, 6.45) is 1.32. The fourth-order valence-corrected chi connectivity index (χ4v) is 3.27. The SMILES string of the molecule is O=C(NC(c1cccs1)C1CCCC1)C(F)F. The molecular formula is C12H15F2NOS. The number of thiophene rings is 1. The third-order valence-corrected chi connectivity index (χ3v) is 4.17. The maximum absolute atomic E-state index is 12.3. The number of carbonyl (C=O) groups excluding carboxylic acids is 1. The van der Waals surface area contributed by atoms with E-state index in [0.29, 0.717) is 5.92 Å². The second-order valence-corrected chi connectivity index (χ2v) is 5.33. The number of nitrogens with one attached hydrogen (secondary N) is 1. The first-order chi connectivity index (χ1) is 8.18. The van der Waals surface area contributed by atoms with Gasteiger partial charge in [0.15, 0.2) is 0 Å². The van der Waals surface area contributed by atoms with Crippen LogP contribution in [0.1, 0.15) is 36.6 Å². The van der Waals surface area contributed by atoms with Gasteiger partial charge in [-0.3, -0.25) is 4.79 Å². The average Bonchev–Trinajstić information content (AvgIpc) is 2.98. The summed E-state index contributed by atoms with van der Waals surface area (Å²) in [7, 11) is 0. The van der Waals surface area contributed by atoms with Crippen LogP contribution in [0, 0.1) is 5.92 Å². The molecule has 0 bridgehead atoms. The van der Waals surface area contributed by atoms with Crippen molar-refractivity contribution in [3.8, 4) is 0 Å².